The molecule has 1 aliphatic carbocycles. The number of esters is 1. The minimum Gasteiger partial charge on any atom is -0.455 e. The van der Waals surface area contributed by atoms with Crippen LogP contribution in [0.4, 0.5) is 0 Å². The molecule has 2 N–H and O–H groups in total. The average molecular weight is 339 g/mol. The summed E-state index contributed by atoms with van der Waals surface area (Å²) in [5.41, 5.74) is 0.180. The van der Waals surface area contributed by atoms with E-state index in [9.17, 15) is 14.4 Å². The van der Waals surface area contributed by atoms with E-state index < -0.39 is 23.9 Å². The summed E-state index contributed by atoms with van der Waals surface area (Å²) in [4.78, 5) is 35.1. The maximum Gasteiger partial charge on any atom is 0.317 e. The molecule has 23 heavy (non-hydrogen) atoms. The third-order valence-corrected chi connectivity index (χ3v) is 3.94. The van der Waals surface area contributed by atoms with Crippen LogP contribution in [0.2, 0.25) is 5.02 Å². The maximum atomic E-state index is 12.2. The number of hydrogen-bond acceptors (Lipinski definition) is 4. The van der Waals surface area contributed by atoms with Crippen molar-refractivity contribution < 1.29 is 19.1 Å². The quantitative estimate of drug-likeness (QED) is 0.731. The van der Waals surface area contributed by atoms with Crippen molar-refractivity contribution in [2.24, 2.45) is 0 Å². The van der Waals surface area contributed by atoms with Crippen LogP contribution in [0.3, 0.4) is 0 Å². The van der Waals surface area contributed by atoms with Crippen LogP contribution in [0.15, 0.2) is 24.3 Å². The first-order valence-corrected chi connectivity index (χ1v) is 7.82. The van der Waals surface area contributed by atoms with Gasteiger partial charge in [-0.05, 0) is 37.5 Å². The Bertz CT molecular complexity index is 597. The molecule has 6 nitrogen and oxygen atoms in total. The molecule has 7 heteroatoms. The predicted molar refractivity (Wildman–Crippen MR) is 85.0 cm³/mol. The Kier molecular flexibility index (Phi) is 5.60. The number of likely N-dealkylation sites (N-methyl/N-ethyl adjacent to an activating group) is 1. The monoisotopic (exact) mass is 338 g/mol. The van der Waals surface area contributed by atoms with Crippen LogP contribution in [0, 0.1) is 0 Å². The van der Waals surface area contributed by atoms with Gasteiger partial charge in [0.25, 0.3) is 5.91 Å². The van der Waals surface area contributed by atoms with E-state index in [1.165, 1.54) is 0 Å². The summed E-state index contributed by atoms with van der Waals surface area (Å²) in [6, 6.07) is 7.05. The van der Waals surface area contributed by atoms with E-state index in [4.69, 9.17) is 16.3 Å². The van der Waals surface area contributed by atoms with Crippen LogP contribution in [0.25, 0.3) is 0 Å². The Morgan fingerprint density at radius 2 is 1.78 bits per heavy atom. The van der Waals surface area contributed by atoms with Crippen LogP contribution in [-0.4, -0.2) is 37.5 Å². The highest BCUT2D eigenvalue weighted by molar-refractivity contribution is 6.30. The molecule has 1 fully saturated rings. The summed E-state index contributed by atoms with van der Waals surface area (Å²) in [6.45, 7) is 1.75. The zero-order chi connectivity index (χ0) is 16.9. The second kappa shape index (κ2) is 7.46. The molecule has 0 aromatic heterocycles. The number of nitrogens with one attached hydrogen (secondary N) is 2. The van der Waals surface area contributed by atoms with Gasteiger partial charge < -0.3 is 15.4 Å². The highest BCUT2D eigenvalue weighted by Crippen LogP contribution is 2.49. The summed E-state index contributed by atoms with van der Waals surface area (Å²) < 4.78 is 5.09. The molecule has 0 bridgehead atoms. The van der Waals surface area contributed by atoms with Crippen molar-refractivity contribution in [1.29, 1.82) is 0 Å². The Balaban J connectivity index is 1.81. The van der Waals surface area contributed by atoms with Crippen molar-refractivity contribution in [3.05, 3.63) is 34.9 Å². The fraction of sp³-hybridized carbons (Fsp3) is 0.438. The van der Waals surface area contributed by atoms with Gasteiger partial charge in [0.2, 0.25) is 5.91 Å². The lowest BCUT2D eigenvalue weighted by atomic mass is 9.96. The largest absolute Gasteiger partial charge is 0.455 e. The molecule has 1 aliphatic rings. The Morgan fingerprint density at radius 3 is 2.35 bits per heavy atom. The number of halogens is 1. The Morgan fingerprint density at radius 1 is 1.13 bits per heavy atom. The summed E-state index contributed by atoms with van der Waals surface area (Å²) in [6.07, 6.45) is 1.38. The molecule has 0 unspecified atom stereocenters. The van der Waals surface area contributed by atoms with Crippen molar-refractivity contribution in [1.82, 2.24) is 10.6 Å². The second-order valence-electron chi connectivity index (χ2n) is 5.40. The number of rotatable bonds is 7. The first-order chi connectivity index (χ1) is 11.0. The van der Waals surface area contributed by atoms with Gasteiger partial charge in [0.05, 0.1) is 12.0 Å². The number of benzene rings is 1. The molecule has 2 amide bonds. The van der Waals surface area contributed by atoms with E-state index >= 15 is 0 Å². The smallest absolute Gasteiger partial charge is 0.317 e. The fourth-order valence-corrected chi connectivity index (χ4v) is 2.39. The Hall–Kier alpha value is -2.08. The van der Waals surface area contributed by atoms with Gasteiger partial charge in [0.15, 0.2) is 6.61 Å². The third kappa shape index (κ3) is 4.45. The fourth-order valence-electron chi connectivity index (χ4n) is 2.26. The van der Waals surface area contributed by atoms with E-state index in [1.807, 2.05) is 0 Å². The molecule has 0 atom stereocenters. The number of carbonyl (C=O) groups excluding carboxylic acids is 3. The first-order valence-electron chi connectivity index (χ1n) is 7.44. The standard InChI is InChI=1S/C16H19ClN2O4/c1-2-18-13(20)9-19-14(21)10-23-15(22)16(7-8-16)11-3-5-12(17)6-4-11/h3-6H,2,7-10H2,1H3,(H,18,20)(H,19,21). The lowest BCUT2D eigenvalue weighted by Gasteiger charge is -2.15. The van der Waals surface area contributed by atoms with E-state index in [1.54, 1.807) is 31.2 Å². The molecular weight excluding hydrogens is 320 g/mol. The molecule has 0 spiro atoms. The van der Waals surface area contributed by atoms with Crippen molar-refractivity contribution in [2.45, 2.75) is 25.2 Å². The van der Waals surface area contributed by atoms with Crippen LogP contribution in [0.5, 0.6) is 0 Å². The van der Waals surface area contributed by atoms with Crippen molar-refractivity contribution in [3.63, 3.8) is 0 Å². The van der Waals surface area contributed by atoms with E-state index in [-0.39, 0.29) is 12.5 Å². The number of hydrogen-bond donors (Lipinski definition) is 2. The lowest BCUT2D eigenvalue weighted by Crippen LogP contribution is -2.39. The van der Waals surface area contributed by atoms with Crippen LogP contribution < -0.4 is 10.6 Å². The molecule has 1 saturated carbocycles. The van der Waals surface area contributed by atoms with Gasteiger partial charge in [0, 0.05) is 11.6 Å². The number of ether oxygens (including phenoxy) is 1. The minimum atomic E-state index is -0.662. The molecule has 1 aromatic rings. The molecule has 0 heterocycles. The van der Waals surface area contributed by atoms with Gasteiger partial charge in [-0.3, -0.25) is 14.4 Å². The highest BCUT2D eigenvalue weighted by atomic mass is 35.5. The normalized spacial score (nSPS) is 14.7. The van der Waals surface area contributed by atoms with Crippen molar-refractivity contribution in [2.75, 3.05) is 19.7 Å². The van der Waals surface area contributed by atoms with Crippen LogP contribution in [-0.2, 0) is 24.5 Å². The number of carbonyl (C=O) groups is 3. The maximum absolute atomic E-state index is 12.2. The first kappa shape index (κ1) is 17.3. The zero-order valence-electron chi connectivity index (χ0n) is 12.9. The summed E-state index contributed by atoms with van der Waals surface area (Å²) in [5, 5.41) is 5.55. The van der Waals surface area contributed by atoms with Crippen molar-refractivity contribution >= 4 is 29.4 Å². The molecule has 0 aliphatic heterocycles. The number of amides is 2. The van der Waals surface area contributed by atoms with Gasteiger partial charge >= 0.3 is 5.97 Å². The minimum absolute atomic E-state index is 0.132. The van der Waals surface area contributed by atoms with E-state index in [0.29, 0.717) is 24.4 Å². The van der Waals surface area contributed by atoms with E-state index in [0.717, 1.165) is 5.56 Å². The zero-order valence-corrected chi connectivity index (χ0v) is 13.6. The molecular formula is C16H19ClN2O4. The predicted octanol–water partition coefficient (Wildman–Crippen LogP) is 1.17. The Labute approximate surface area is 139 Å². The molecule has 124 valence electrons. The van der Waals surface area contributed by atoms with Gasteiger partial charge in [-0.2, -0.15) is 0 Å². The van der Waals surface area contributed by atoms with Gasteiger partial charge in [0.1, 0.15) is 0 Å². The summed E-state index contributed by atoms with van der Waals surface area (Å²) in [7, 11) is 0. The average Bonchev–Trinajstić information content (AvgIpc) is 3.33. The molecule has 0 radical (unpaired) electrons. The SMILES string of the molecule is CCNC(=O)CNC(=O)COC(=O)C1(c2ccc(Cl)cc2)CC1. The molecule has 2 rings (SSSR count). The van der Waals surface area contributed by atoms with E-state index in [2.05, 4.69) is 10.6 Å². The van der Waals surface area contributed by atoms with Gasteiger partial charge in [-0.15, -0.1) is 0 Å². The van der Waals surface area contributed by atoms with Gasteiger partial charge in [-0.25, -0.2) is 0 Å². The highest BCUT2D eigenvalue weighted by Gasteiger charge is 2.52. The second-order valence-corrected chi connectivity index (χ2v) is 5.83. The molecule has 0 saturated heterocycles. The topological polar surface area (TPSA) is 84.5 Å². The van der Waals surface area contributed by atoms with Gasteiger partial charge in [-0.1, -0.05) is 23.7 Å². The summed E-state index contributed by atoms with van der Waals surface area (Å²) >= 11 is 5.85. The lowest BCUT2D eigenvalue weighted by molar-refractivity contribution is -0.151. The third-order valence-electron chi connectivity index (χ3n) is 3.69. The van der Waals surface area contributed by atoms with Crippen molar-refractivity contribution in [3.8, 4) is 0 Å². The summed E-state index contributed by atoms with van der Waals surface area (Å²) in [5.74, 6) is -1.21. The molecule has 1 aromatic carbocycles. The van der Waals surface area contributed by atoms with Crippen LogP contribution in [0.1, 0.15) is 25.3 Å². The van der Waals surface area contributed by atoms with Crippen LogP contribution >= 0.6 is 11.6 Å².